The number of nitrogens with two attached hydrogens (primary N) is 1. The molecule has 1 aromatic heterocycles. The molecule has 19 heavy (non-hydrogen) atoms. The van der Waals surface area contributed by atoms with Crippen LogP contribution in [0.5, 0.6) is 5.75 Å². The Labute approximate surface area is 113 Å². The Balaban J connectivity index is 1.94. The maximum atomic E-state index is 11.6. The maximum Gasteiger partial charge on any atom is 0.227 e. The molecule has 0 aromatic carbocycles. The zero-order chi connectivity index (χ0) is 14.0. The highest BCUT2D eigenvalue weighted by atomic mass is 16.5. The average molecular weight is 266 g/mol. The number of methoxy groups -OCH3 is 1. The third-order valence-electron chi connectivity index (χ3n) is 4.35. The van der Waals surface area contributed by atoms with Crippen LogP contribution in [0.15, 0.2) is 21.5 Å². The van der Waals surface area contributed by atoms with Gasteiger partial charge in [-0.25, -0.2) is 0 Å². The lowest BCUT2D eigenvalue weighted by atomic mass is 9.58. The number of nitrogens with one attached hydrogen (secondary N) is 1. The Morgan fingerprint density at radius 1 is 1.58 bits per heavy atom. The Morgan fingerprint density at radius 3 is 2.84 bits per heavy atom. The summed E-state index contributed by atoms with van der Waals surface area (Å²) in [4.78, 5) is 11.6. The smallest absolute Gasteiger partial charge is 0.227 e. The highest BCUT2D eigenvalue weighted by molar-refractivity contribution is 5.17. The maximum absolute atomic E-state index is 11.6. The summed E-state index contributed by atoms with van der Waals surface area (Å²) in [5.41, 5.74) is 5.77. The van der Waals surface area contributed by atoms with Crippen molar-refractivity contribution in [3.63, 3.8) is 0 Å². The summed E-state index contributed by atoms with van der Waals surface area (Å²) in [6.07, 6.45) is 2.43. The zero-order valence-electron chi connectivity index (χ0n) is 11.7. The largest absolute Gasteiger partial charge is 0.490 e. The summed E-state index contributed by atoms with van der Waals surface area (Å²) in [5.74, 6) is 1.42. The van der Waals surface area contributed by atoms with Crippen molar-refractivity contribution < 1.29 is 9.15 Å². The third kappa shape index (κ3) is 2.67. The summed E-state index contributed by atoms with van der Waals surface area (Å²) in [5, 5.41) is 3.43. The molecule has 0 aliphatic heterocycles. The molecule has 1 saturated carbocycles. The van der Waals surface area contributed by atoms with Gasteiger partial charge in [-0.05, 0) is 24.3 Å². The lowest BCUT2D eigenvalue weighted by Gasteiger charge is -2.52. The summed E-state index contributed by atoms with van der Waals surface area (Å²) < 4.78 is 10.2. The van der Waals surface area contributed by atoms with E-state index < -0.39 is 0 Å². The van der Waals surface area contributed by atoms with Crippen LogP contribution >= 0.6 is 0 Å². The van der Waals surface area contributed by atoms with Crippen LogP contribution in [0, 0.1) is 11.3 Å². The van der Waals surface area contributed by atoms with E-state index in [1.54, 1.807) is 0 Å². The molecule has 1 heterocycles. The van der Waals surface area contributed by atoms with Crippen molar-refractivity contribution in [1.82, 2.24) is 5.32 Å². The van der Waals surface area contributed by atoms with Crippen molar-refractivity contribution in [3.8, 4) is 5.75 Å². The van der Waals surface area contributed by atoms with Gasteiger partial charge in [-0.2, -0.15) is 0 Å². The molecule has 2 unspecified atom stereocenters. The summed E-state index contributed by atoms with van der Waals surface area (Å²) in [6, 6.07) is 1.88. The molecule has 106 valence electrons. The van der Waals surface area contributed by atoms with E-state index in [1.165, 1.54) is 19.4 Å². The zero-order valence-corrected chi connectivity index (χ0v) is 11.7. The first-order chi connectivity index (χ1) is 8.98. The van der Waals surface area contributed by atoms with Crippen LogP contribution in [0.3, 0.4) is 0 Å². The fourth-order valence-corrected chi connectivity index (χ4v) is 2.67. The first-order valence-electron chi connectivity index (χ1n) is 6.58. The molecule has 5 heteroatoms. The van der Waals surface area contributed by atoms with Crippen molar-refractivity contribution in [3.05, 3.63) is 28.3 Å². The predicted molar refractivity (Wildman–Crippen MR) is 73.1 cm³/mol. The van der Waals surface area contributed by atoms with E-state index in [1.807, 2.05) is 0 Å². The number of rotatable bonds is 5. The van der Waals surface area contributed by atoms with E-state index >= 15 is 0 Å². The minimum absolute atomic E-state index is 0.154. The predicted octanol–water partition coefficient (Wildman–Crippen LogP) is 1.11. The molecule has 1 fully saturated rings. The van der Waals surface area contributed by atoms with Crippen LogP contribution < -0.4 is 21.2 Å². The quantitative estimate of drug-likeness (QED) is 0.835. The molecule has 2 rings (SSSR count). The van der Waals surface area contributed by atoms with Gasteiger partial charge in [0.2, 0.25) is 11.2 Å². The number of hydrogen-bond donors (Lipinski definition) is 2. The van der Waals surface area contributed by atoms with Gasteiger partial charge in [0.1, 0.15) is 12.0 Å². The standard InChI is InChI=1S/C14H22N2O3/c1-14(2)9(6-15)4-13(14)16-7-10-5-11(17)12(18-3)8-19-10/h5,8-9,13,16H,4,6-7,15H2,1-3H3. The molecule has 1 aromatic rings. The minimum atomic E-state index is -0.154. The lowest BCUT2D eigenvalue weighted by molar-refractivity contribution is 0.0185. The van der Waals surface area contributed by atoms with Crippen molar-refractivity contribution in [1.29, 1.82) is 0 Å². The van der Waals surface area contributed by atoms with Gasteiger partial charge in [-0.15, -0.1) is 0 Å². The second-order valence-corrected chi connectivity index (χ2v) is 5.70. The SMILES string of the molecule is COc1coc(CNC2CC(CN)C2(C)C)cc1=O. The van der Waals surface area contributed by atoms with Crippen LogP contribution in [0.1, 0.15) is 26.0 Å². The molecule has 3 N–H and O–H groups in total. The van der Waals surface area contributed by atoms with Crippen LogP contribution in [-0.4, -0.2) is 19.7 Å². The number of hydrogen-bond acceptors (Lipinski definition) is 5. The van der Waals surface area contributed by atoms with E-state index in [9.17, 15) is 4.79 Å². The molecule has 2 atom stereocenters. The highest BCUT2D eigenvalue weighted by Gasteiger charge is 2.46. The van der Waals surface area contributed by atoms with Crippen molar-refractivity contribution in [2.24, 2.45) is 17.1 Å². The van der Waals surface area contributed by atoms with E-state index in [0.29, 0.717) is 24.3 Å². The second-order valence-electron chi connectivity index (χ2n) is 5.70. The van der Waals surface area contributed by atoms with Gasteiger partial charge in [0.05, 0.1) is 13.7 Å². The summed E-state index contributed by atoms with van der Waals surface area (Å²) in [7, 11) is 1.45. The molecule has 0 spiro atoms. The second kappa shape index (κ2) is 5.35. The van der Waals surface area contributed by atoms with Crippen molar-refractivity contribution in [2.45, 2.75) is 32.9 Å². The molecule has 0 bridgehead atoms. The summed E-state index contributed by atoms with van der Waals surface area (Å²) in [6.45, 7) is 5.71. The van der Waals surface area contributed by atoms with Gasteiger partial charge in [0, 0.05) is 12.1 Å². The fraction of sp³-hybridized carbons (Fsp3) is 0.643. The molecule has 0 saturated heterocycles. The van der Waals surface area contributed by atoms with Gasteiger partial charge in [-0.1, -0.05) is 13.8 Å². The van der Waals surface area contributed by atoms with Crippen molar-refractivity contribution >= 4 is 0 Å². The average Bonchev–Trinajstić information content (AvgIpc) is 2.38. The molecule has 0 amide bonds. The Kier molecular flexibility index (Phi) is 3.96. The van der Waals surface area contributed by atoms with Gasteiger partial charge < -0.3 is 20.2 Å². The number of ether oxygens (including phenoxy) is 1. The first-order valence-corrected chi connectivity index (χ1v) is 6.58. The Hall–Kier alpha value is -1.33. The lowest BCUT2D eigenvalue weighted by Crippen LogP contribution is -2.58. The van der Waals surface area contributed by atoms with E-state index in [2.05, 4.69) is 19.2 Å². The fourth-order valence-electron chi connectivity index (χ4n) is 2.67. The van der Waals surface area contributed by atoms with E-state index in [4.69, 9.17) is 14.9 Å². The Morgan fingerprint density at radius 2 is 2.32 bits per heavy atom. The van der Waals surface area contributed by atoms with Crippen LogP contribution in [-0.2, 0) is 6.54 Å². The minimum Gasteiger partial charge on any atom is -0.490 e. The van der Waals surface area contributed by atoms with Gasteiger partial charge in [0.25, 0.3) is 0 Å². The van der Waals surface area contributed by atoms with Crippen LogP contribution in [0.4, 0.5) is 0 Å². The van der Waals surface area contributed by atoms with Crippen molar-refractivity contribution in [2.75, 3.05) is 13.7 Å². The molecule has 0 radical (unpaired) electrons. The summed E-state index contributed by atoms with van der Waals surface area (Å²) >= 11 is 0. The highest BCUT2D eigenvalue weighted by Crippen LogP contribution is 2.45. The van der Waals surface area contributed by atoms with E-state index in [-0.39, 0.29) is 16.6 Å². The molecular formula is C14H22N2O3. The molecular weight excluding hydrogens is 244 g/mol. The normalized spacial score (nSPS) is 24.8. The Bertz CT molecular complexity index is 496. The van der Waals surface area contributed by atoms with Gasteiger partial charge >= 0.3 is 0 Å². The van der Waals surface area contributed by atoms with E-state index in [0.717, 1.165) is 13.0 Å². The molecule has 1 aliphatic carbocycles. The molecule has 5 nitrogen and oxygen atoms in total. The monoisotopic (exact) mass is 266 g/mol. The van der Waals surface area contributed by atoms with Crippen LogP contribution in [0.25, 0.3) is 0 Å². The third-order valence-corrected chi connectivity index (χ3v) is 4.35. The van der Waals surface area contributed by atoms with Crippen LogP contribution in [0.2, 0.25) is 0 Å². The first kappa shape index (κ1) is 14.1. The topological polar surface area (TPSA) is 77.5 Å². The molecule has 1 aliphatic rings. The van der Waals surface area contributed by atoms with Gasteiger partial charge in [0.15, 0.2) is 0 Å². The van der Waals surface area contributed by atoms with Gasteiger partial charge in [-0.3, -0.25) is 4.79 Å².